The van der Waals surface area contributed by atoms with Crippen molar-refractivity contribution in [3.63, 3.8) is 0 Å². The van der Waals surface area contributed by atoms with Crippen molar-refractivity contribution in [3.05, 3.63) is 47.8 Å². The summed E-state index contributed by atoms with van der Waals surface area (Å²) in [5, 5.41) is 39.7. The van der Waals surface area contributed by atoms with Crippen LogP contribution in [0.3, 0.4) is 0 Å². The maximum absolute atomic E-state index is 14.5. The van der Waals surface area contributed by atoms with Gasteiger partial charge in [-0.2, -0.15) is 13.2 Å². The minimum Gasteiger partial charge on any atom is -0.507 e. The number of rotatable bonds is 5. The molecule has 3 rings (SSSR count). The highest BCUT2D eigenvalue weighted by atomic mass is 19.4. The highest BCUT2D eigenvalue weighted by Crippen LogP contribution is 2.40. The van der Waals surface area contributed by atoms with E-state index in [0.29, 0.717) is 16.8 Å². The molecule has 10 heteroatoms. The van der Waals surface area contributed by atoms with Crippen molar-refractivity contribution in [1.82, 2.24) is 10.2 Å². The molecule has 0 amide bonds. The normalized spacial score (nSPS) is 12.9. The summed E-state index contributed by atoms with van der Waals surface area (Å²) in [4.78, 5) is 0. The van der Waals surface area contributed by atoms with Gasteiger partial charge in [0.25, 0.3) is 0 Å². The second-order valence-corrected chi connectivity index (χ2v) is 6.01. The van der Waals surface area contributed by atoms with E-state index in [1.54, 1.807) is 24.3 Å². The van der Waals surface area contributed by atoms with E-state index in [1.165, 1.54) is 0 Å². The second kappa shape index (κ2) is 7.56. The van der Waals surface area contributed by atoms with Crippen molar-refractivity contribution in [2.75, 3.05) is 18.5 Å². The van der Waals surface area contributed by atoms with Crippen molar-refractivity contribution >= 4 is 16.6 Å². The Morgan fingerprint density at radius 2 is 1.75 bits per heavy atom. The van der Waals surface area contributed by atoms with Crippen LogP contribution in [0.25, 0.3) is 22.0 Å². The number of aliphatic hydroxyl groups excluding tert-OH is 2. The van der Waals surface area contributed by atoms with Gasteiger partial charge >= 0.3 is 6.18 Å². The molecule has 0 bridgehead atoms. The number of aliphatic hydroxyl groups is 2. The van der Waals surface area contributed by atoms with Crippen molar-refractivity contribution in [2.24, 2.45) is 0 Å². The first-order valence-corrected chi connectivity index (χ1v) is 8.10. The molecule has 28 heavy (non-hydrogen) atoms. The third-order valence-electron chi connectivity index (χ3n) is 4.04. The fraction of sp³-hybridized carbons (Fsp3) is 0.222. The van der Waals surface area contributed by atoms with Gasteiger partial charge in [0.1, 0.15) is 17.3 Å². The number of hydrogen-bond donors (Lipinski definition) is 4. The Hall–Kier alpha value is -2.98. The quantitative estimate of drug-likeness (QED) is 0.494. The molecule has 0 radical (unpaired) electrons. The summed E-state index contributed by atoms with van der Waals surface area (Å²) in [5.74, 6) is -1.98. The average molecular weight is 397 g/mol. The summed E-state index contributed by atoms with van der Waals surface area (Å²) in [6.07, 6.45) is -5.86. The van der Waals surface area contributed by atoms with Gasteiger partial charge in [0.2, 0.25) is 0 Å². The zero-order valence-electron chi connectivity index (χ0n) is 14.2. The number of nitrogens with one attached hydrogen (secondary N) is 1. The first-order chi connectivity index (χ1) is 13.2. The van der Waals surface area contributed by atoms with Crippen LogP contribution < -0.4 is 5.32 Å². The van der Waals surface area contributed by atoms with E-state index in [2.05, 4.69) is 15.5 Å². The summed E-state index contributed by atoms with van der Waals surface area (Å²) in [6, 6.07) is 7.14. The summed E-state index contributed by atoms with van der Waals surface area (Å²) < 4.78 is 52.9. The number of anilines is 1. The van der Waals surface area contributed by atoms with Crippen LogP contribution in [0.2, 0.25) is 0 Å². The summed E-state index contributed by atoms with van der Waals surface area (Å²) in [7, 11) is 0. The van der Waals surface area contributed by atoms with Crippen molar-refractivity contribution in [1.29, 1.82) is 0 Å². The minimum absolute atomic E-state index is 0.0333. The molecule has 1 heterocycles. The Kier molecular flexibility index (Phi) is 5.34. The first kappa shape index (κ1) is 19.8. The SMILES string of the molecule is OCC(O)CNc1nnc(-c2c(O)cc(C(F)(F)F)cc2F)c2ccccc12. The lowest BCUT2D eigenvalue weighted by Gasteiger charge is -2.15. The fourth-order valence-corrected chi connectivity index (χ4v) is 2.69. The number of phenols is 1. The monoisotopic (exact) mass is 397 g/mol. The number of hydrogen-bond acceptors (Lipinski definition) is 6. The zero-order valence-corrected chi connectivity index (χ0v) is 14.2. The Morgan fingerprint density at radius 1 is 1.07 bits per heavy atom. The molecule has 0 aliphatic carbocycles. The number of nitrogens with zero attached hydrogens (tertiary/aromatic N) is 2. The largest absolute Gasteiger partial charge is 0.507 e. The molecule has 6 nitrogen and oxygen atoms in total. The summed E-state index contributed by atoms with van der Waals surface area (Å²) in [5.41, 5.74) is -1.95. The molecule has 1 aromatic heterocycles. The smallest absolute Gasteiger partial charge is 0.416 e. The molecule has 3 aromatic rings. The van der Waals surface area contributed by atoms with E-state index < -0.39 is 41.6 Å². The molecule has 2 aromatic carbocycles. The van der Waals surface area contributed by atoms with Crippen LogP contribution in [-0.2, 0) is 6.18 Å². The molecule has 148 valence electrons. The van der Waals surface area contributed by atoms with Crippen molar-refractivity contribution in [3.8, 4) is 17.0 Å². The molecule has 0 spiro atoms. The number of aromatic nitrogens is 2. The van der Waals surface area contributed by atoms with E-state index in [0.717, 1.165) is 0 Å². The number of phenolic OH excluding ortho intramolecular Hbond substituents is 1. The number of halogens is 4. The van der Waals surface area contributed by atoms with Crippen LogP contribution in [0.1, 0.15) is 5.56 Å². The number of fused-ring (bicyclic) bond motifs is 1. The molecular weight excluding hydrogens is 382 g/mol. The van der Waals surface area contributed by atoms with Gasteiger partial charge in [0, 0.05) is 17.3 Å². The van der Waals surface area contributed by atoms with Gasteiger partial charge in [-0.3, -0.25) is 0 Å². The van der Waals surface area contributed by atoms with Crippen LogP contribution in [-0.4, -0.2) is 44.8 Å². The number of benzene rings is 2. The standard InChI is InChI=1S/C18H15F4N3O3/c19-13-5-9(18(20,21)22)6-14(28)15(13)16-11-3-1-2-4-12(11)17(25-24-16)23-7-10(27)8-26/h1-6,10,26-28H,7-8H2,(H,23,25). The van der Waals surface area contributed by atoms with Gasteiger partial charge in [-0.25, -0.2) is 4.39 Å². The number of alkyl halides is 3. The van der Waals surface area contributed by atoms with Gasteiger partial charge in [0.15, 0.2) is 5.82 Å². The third kappa shape index (κ3) is 3.82. The maximum atomic E-state index is 14.5. The van der Waals surface area contributed by atoms with E-state index in [-0.39, 0.29) is 24.1 Å². The first-order valence-electron chi connectivity index (χ1n) is 8.10. The highest BCUT2D eigenvalue weighted by molar-refractivity contribution is 6.01. The Morgan fingerprint density at radius 3 is 2.36 bits per heavy atom. The lowest BCUT2D eigenvalue weighted by molar-refractivity contribution is -0.137. The van der Waals surface area contributed by atoms with Crippen LogP contribution >= 0.6 is 0 Å². The van der Waals surface area contributed by atoms with Crippen LogP contribution in [0, 0.1) is 5.82 Å². The molecular formula is C18H15F4N3O3. The second-order valence-electron chi connectivity index (χ2n) is 6.01. The lowest BCUT2D eigenvalue weighted by atomic mass is 10.0. The molecule has 1 atom stereocenters. The Labute approximate surface area is 156 Å². The Bertz CT molecular complexity index is 988. The van der Waals surface area contributed by atoms with Gasteiger partial charge in [-0.15, -0.1) is 10.2 Å². The molecule has 0 aliphatic rings. The van der Waals surface area contributed by atoms with E-state index in [1.807, 2.05) is 0 Å². The predicted molar refractivity (Wildman–Crippen MR) is 93.2 cm³/mol. The fourth-order valence-electron chi connectivity index (χ4n) is 2.69. The lowest BCUT2D eigenvalue weighted by Crippen LogP contribution is -2.23. The van der Waals surface area contributed by atoms with E-state index in [4.69, 9.17) is 5.11 Å². The summed E-state index contributed by atoms with van der Waals surface area (Å²) in [6.45, 7) is -0.504. The topological polar surface area (TPSA) is 98.5 Å². The van der Waals surface area contributed by atoms with Gasteiger partial charge in [0.05, 0.1) is 23.8 Å². The molecule has 0 aliphatic heterocycles. The van der Waals surface area contributed by atoms with Gasteiger partial charge < -0.3 is 20.6 Å². The molecule has 0 fully saturated rings. The summed E-state index contributed by atoms with van der Waals surface area (Å²) >= 11 is 0. The highest BCUT2D eigenvalue weighted by Gasteiger charge is 2.33. The van der Waals surface area contributed by atoms with Gasteiger partial charge in [-0.1, -0.05) is 24.3 Å². The van der Waals surface area contributed by atoms with Crippen molar-refractivity contribution < 1.29 is 32.9 Å². The number of aromatic hydroxyl groups is 1. The molecule has 1 unspecified atom stereocenters. The van der Waals surface area contributed by atoms with Gasteiger partial charge in [-0.05, 0) is 12.1 Å². The maximum Gasteiger partial charge on any atom is 0.416 e. The van der Waals surface area contributed by atoms with Crippen LogP contribution in [0.5, 0.6) is 5.75 Å². The predicted octanol–water partition coefficient (Wildman–Crippen LogP) is 2.93. The average Bonchev–Trinajstić information content (AvgIpc) is 2.65. The third-order valence-corrected chi connectivity index (χ3v) is 4.04. The van der Waals surface area contributed by atoms with Crippen LogP contribution in [0.15, 0.2) is 36.4 Å². The van der Waals surface area contributed by atoms with E-state index >= 15 is 0 Å². The van der Waals surface area contributed by atoms with Crippen LogP contribution in [0.4, 0.5) is 23.4 Å². The molecule has 4 N–H and O–H groups in total. The Balaban J connectivity index is 2.13. The minimum atomic E-state index is -4.81. The van der Waals surface area contributed by atoms with Crippen molar-refractivity contribution in [2.45, 2.75) is 12.3 Å². The van der Waals surface area contributed by atoms with E-state index in [9.17, 15) is 27.8 Å². The zero-order chi connectivity index (χ0) is 20.5. The molecule has 0 saturated heterocycles. The molecule has 0 saturated carbocycles.